The van der Waals surface area contributed by atoms with Gasteiger partial charge in [0.25, 0.3) is 5.43 Å². The maximum atomic E-state index is 12.9. The third kappa shape index (κ3) is 4.83. The lowest BCUT2D eigenvalue weighted by molar-refractivity contribution is 0.0512. The lowest BCUT2D eigenvalue weighted by Gasteiger charge is -2.32. The molecule has 4 rings (SSSR count). The van der Waals surface area contributed by atoms with E-state index in [9.17, 15) is 9.59 Å². The number of esters is 1. The van der Waals surface area contributed by atoms with Crippen LogP contribution in [0.1, 0.15) is 62.9 Å². The summed E-state index contributed by atoms with van der Waals surface area (Å²) < 4.78 is 15.7. The highest BCUT2D eigenvalue weighted by Crippen LogP contribution is 2.40. The summed E-state index contributed by atoms with van der Waals surface area (Å²) in [6.07, 6.45) is 11.3. The van der Waals surface area contributed by atoms with E-state index in [1.54, 1.807) is 24.0 Å². The van der Waals surface area contributed by atoms with E-state index >= 15 is 0 Å². The molecule has 0 N–H and O–H groups in total. The summed E-state index contributed by atoms with van der Waals surface area (Å²) in [4.78, 5) is 30.0. The van der Waals surface area contributed by atoms with Gasteiger partial charge in [-0.25, -0.2) is 9.78 Å². The Morgan fingerprint density at radius 1 is 1.27 bits per heavy atom. The van der Waals surface area contributed by atoms with Crippen LogP contribution in [0, 0.1) is 0 Å². The Kier molecular flexibility index (Phi) is 7.17. The summed E-state index contributed by atoms with van der Waals surface area (Å²) in [5.41, 5.74) is -0.124. The molecule has 9 heteroatoms. The summed E-state index contributed by atoms with van der Waals surface area (Å²) in [7, 11) is 0. The first-order valence-corrected chi connectivity index (χ1v) is 12.3. The first-order chi connectivity index (χ1) is 16.0. The number of carbonyl (C=O) groups excluding carboxylic acids is 1. The number of fused-ring (bicyclic) bond motifs is 1. The van der Waals surface area contributed by atoms with Crippen LogP contribution in [0.25, 0.3) is 11.0 Å². The predicted octanol–water partition coefficient (Wildman–Crippen LogP) is 4.68. The maximum Gasteiger partial charge on any atom is 0.363 e. The highest BCUT2D eigenvalue weighted by Gasteiger charge is 2.38. The van der Waals surface area contributed by atoms with Crippen LogP contribution in [0.2, 0.25) is 0 Å². The number of rotatable bonds is 9. The molecule has 1 aliphatic carbocycles. The number of halogens is 1. The molecule has 0 bridgehead atoms. The fraction of sp³-hybridized carbons (Fsp3) is 0.500. The van der Waals surface area contributed by atoms with E-state index in [0.29, 0.717) is 13.2 Å². The zero-order valence-corrected chi connectivity index (χ0v) is 20.6. The summed E-state index contributed by atoms with van der Waals surface area (Å²) in [5, 5.41) is 5.46. The molecule has 1 aliphatic rings. The van der Waals surface area contributed by atoms with Crippen molar-refractivity contribution in [1.82, 2.24) is 19.3 Å². The van der Waals surface area contributed by atoms with Crippen LogP contribution in [-0.4, -0.2) is 38.5 Å². The fourth-order valence-corrected chi connectivity index (χ4v) is 4.90. The van der Waals surface area contributed by atoms with Crippen molar-refractivity contribution in [3.8, 4) is 5.75 Å². The molecule has 3 heterocycles. The third-order valence-electron chi connectivity index (χ3n) is 6.15. The van der Waals surface area contributed by atoms with Gasteiger partial charge < -0.3 is 14.0 Å². The van der Waals surface area contributed by atoms with Gasteiger partial charge in [-0.2, -0.15) is 5.10 Å². The fourth-order valence-electron chi connectivity index (χ4n) is 4.55. The van der Waals surface area contributed by atoms with Crippen LogP contribution in [0.5, 0.6) is 5.75 Å². The predicted molar refractivity (Wildman–Crippen MR) is 129 cm³/mol. The number of nitrogens with zero attached hydrogens (tertiary/aromatic N) is 4. The van der Waals surface area contributed by atoms with E-state index in [1.165, 1.54) is 0 Å². The Balaban J connectivity index is 1.76. The van der Waals surface area contributed by atoms with Gasteiger partial charge in [0.05, 0.1) is 31.5 Å². The normalized spacial score (nSPS) is 15.1. The van der Waals surface area contributed by atoms with Crippen molar-refractivity contribution in [2.45, 2.75) is 64.5 Å². The van der Waals surface area contributed by atoms with Crippen molar-refractivity contribution in [3.05, 3.63) is 51.1 Å². The number of pyridine rings is 1. The highest BCUT2D eigenvalue weighted by molar-refractivity contribution is 9.10. The van der Waals surface area contributed by atoms with Crippen molar-refractivity contribution < 1.29 is 14.3 Å². The Hall–Kier alpha value is -2.68. The molecular weight excluding hydrogens is 488 g/mol. The molecule has 0 amide bonds. The molecule has 0 saturated heterocycles. The largest absolute Gasteiger partial charge is 0.488 e. The van der Waals surface area contributed by atoms with E-state index in [2.05, 4.69) is 55.8 Å². The van der Waals surface area contributed by atoms with Gasteiger partial charge in [-0.15, -0.1) is 0 Å². The van der Waals surface area contributed by atoms with Gasteiger partial charge in [-0.3, -0.25) is 9.48 Å². The summed E-state index contributed by atoms with van der Waals surface area (Å²) in [6.45, 7) is 4.82. The number of hydrogen-bond acceptors (Lipinski definition) is 6. The maximum absolute atomic E-state index is 12.9. The van der Waals surface area contributed by atoms with Gasteiger partial charge in [-0.1, -0.05) is 26.2 Å². The van der Waals surface area contributed by atoms with E-state index in [4.69, 9.17) is 9.47 Å². The average molecular weight is 517 g/mol. The minimum absolute atomic E-state index is 0.133. The topological polar surface area (TPSA) is 88.2 Å². The molecule has 3 aromatic rings. The van der Waals surface area contributed by atoms with Crippen LogP contribution in [-0.2, 0) is 16.8 Å². The van der Waals surface area contributed by atoms with Gasteiger partial charge >= 0.3 is 5.97 Å². The number of hydrogen-bond donors (Lipinski definition) is 0. The SMILES string of the molecule is CCCCOc1cn(CC2(n3ccc4cc(Br)cnc43)CCCC2)nc(C(=O)OCC)c1=O. The lowest BCUT2D eigenvalue weighted by Crippen LogP contribution is -2.37. The second kappa shape index (κ2) is 10.1. The van der Waals surface area contributed by atoms with E-state index in [0.717, 1.165) is 54.0 Å². The van der Waals surface area contributed by atoms with Gasteiger partial charge in [0, 0.05) is 22.3 Å². The first-order valence-electron chi connectivity index (χ1n) is 11.5. The smallest absolute Gasteiger partial charge is 0.363 e. The van der Waals surface area contributed by atoms with Crippen molar-refractivity contribution in [3.63, 3.8) is 0 Å². The molecule has 0 spiro atoms. The highest BCUT2D eigenvalue weighted by atomic mass is 79.9. The summed E-state index contributed by atoms with van der Waals surface area (Å²) in [5.74, 6) is -0.593. The molecule has 176 valence electrons. The Morgan fingerprint density at radius 2 is 2.06 bits per heavy atom. The molecule has 1 saturated carbocycles. The number of ether oxygens (including phenoxy) is 2. The van der Waals surface area contributed by atoms with Crippen LogP contribution < -0.4 is 10.2 Å². The van der Waals surface area contributed by atoms with Crippen LogP contribution in [0.15, 0.2) is 40.0 Å². The van der Waals surface area contributed by atoms with Crippen LogP contribution in [0.4, 0.5) is 0 Å². The van der Waals surface area contributed by atoms with Crippen LogP contribution >= 0.6 is 15.9 Å². The minimum Gasteiger partial charge on any atom is -0.488 e. The Labute approximate surface area is 201 Å². The molecule has 0 unspecified atom stereocenters. The van der Waals surface area contributed by atoms with Crippen molar-refractivity contribution in [2.24, 2.45) is 0 Å². The monoisotopic (exact) mass is 516 g/mol. The van der Waals surface area contributed by atoms with Crippen molar-refractivity contribution in [1.29, 1.82) is 0 Å². The molecule has 3 aromatic heterocycles. The number of carbonyl (C=O) groups is 1. The molecule has 8 nitrogen and oxygen atoms in total. The zero-order chi connectivity index (χ0) is 23.4. The first kappa shape index (κ1) is 23.5. The van der Waals surface area contributed by atoms with E-state index in [1.807, 2.05) is 0 Å². The average Bonchev–Trinajstić information content (AvgIpc) is 3.43. The summed E-state index contributed by atoms with van der Waals surface area (Å²) in [6, 6.07) is 4.12. The molecular formula is C24H29BrN4O4. The molecule has 33 heavy (non-hydrogen) atoms. The minimum atomic E-state index is -0.726. The van der Waals surface area contributed by atoms with Gasteiger partial charge in [0.15, 0.2) is 5.75 Å². The van der Waals surface area contributed by atoms with Gasteiger partial charge in [0.1, 0.15) is 5.65 Å². The Bertz CT molecular complexity index is 1200. The Morgan fingerprint density at radius 3 is 2.79 bits per heavy atom. The van der Waals surface area contributed by atoms with Gasteiger partial charge in [0.2, 0.25) is 5.69 Å². The molecule has 0 atom stereocenters. The number of unbranched alkanes of at least 4 members (excludes halogenated alkanes) is 1. The van der Waals surface area contributed by atoms with E-state index < -0.39 is 11.4 Å². The molecule has 0 radical (unpaired) electrons. The second-order valence-corrected chi connectivity index (χ2v) is 9.39. The molecule has 0 aliphatic heterocycles. The van der Waals surface area contributed by atoms with Crippen molar-refractivity contribution in [2.75, 3.05) is 13.2 Å². The quantitative estimate of drug-likeness (QED) is 0.303. The lowest BCUT2D eigenvalue weighted by atomic mass is 9.97. The van der Waals surface area contributed by atoms with Crippen molar-refractivity contribution >= 4 is 32.9 Å². The molecule has 1 fully saturated rings. The zero-order valence-electron chi connectivity index (χ0n) is 19.1. The van der Waals surface area contributed by atoms with E-state index in [-0.39, 0.29) is 23.6 Å². The molecule has 0 aromatic carbocycles. The van der Waals surface area contributed by atoms with Crippen LogP contribution in [0.3, 0.4) is 0 Å². The number of aromatic nitrogens is 4. The van der Waals surface area contributed by atoms with Gasteiger partial charge in [-0.05, 0) is 54.2 Å². The second-order valence-electron chi connectivity index (χ2n) is 8.47. The summed E-state index contributed by atoms with van der Waals surface area (Å²) >= 11 is 3.49. The standard InChI is InChI=1S/C24H29BrN4O4/c1-3-5-12-33-19-15-28(27-20(21(19)30)23(31)32-4-2)16-24(9-6-7-10-24)29-11-8-17-13-18(25)14-26-22(17)29/h8,11,13-15H,3-7,9-10,12,16H2,1-2H3. The third-order valence-corrected chi connectivity index (χ3v) is 6.59.